The third-order valence-electron chi connectivity index (χ3n) is 5.83. The van der Waals surface area contributed by atoms with Crippen LogP contribution >= 0.6 is 22.9 Å². The maximum atomic E-state index is 13.3. The third kappa shape index (κ3) is 5.40. The molecule has 1 atom stereocenters. The molecular weight excluding hydrogens is 526 g/mol. The molecule has 1 saturated heterocycles. The van der Waals surface area contributed by atoms with Crippen LogP contribution in [-0.4, -0.2) is 62.1 Å². The van der Waals surface area contributed by atoms with E-state index >= 15 is 0 Å². The van der Waals surface area contributed by atoms with Gasteiger partial charge in [-0.15, -0.1) is 0 Å². The first kappa shape index (κ1) is 26.5. The second-order valence-electron chi connectivity index (χ2n) is 8.11. The van der Waals surface area contributed by atoms with Crippen molar-refractivity contribution in [2.75, 3.05) is 26.9 Å². The van der Waals surface area contributed by atoms with E-state index in [2.05, 4.69) is 4.99 Å². The predicted octanol–water partition coefficient (Wildman–Crippen LogP) is 3.46. The standard InChI is InChI=1S/C24H26ClN3O6S2/c1-3-34-23(30)16-6-11-19-21(15-16)35-24(27(19)13-14-33-2)26-22(29)20-5-4-12-28(20)36(31,32)18-9-7-17(25)8-10-18/h6-11,15,20H,3-5,12-14H2,1-2H3. The summed E-state index contributed by atoms with van der Waals surface area (Å²) >= 11 is 7.15. The van der Waals surface area contributed by atoms with E-state index in [0.717, 1.165) is 10.2 Å². The number of aromatic nitrogens is 1. The maximum absolute atomic E-state index is 13.3. The normalized spacial score (nSPS) is 17.1. The highest BCUT2D eigenvalue weighted by molar-refractivity contribution is 7.89. The molecule has 0 saturated carbocycles. The first-order valence-corrected chi connectivity index (χ1v) is 14.0. The highest BCUT2D eigenvalue weighted by atomic mass is 35.5. The first-order valence-electron chi connectivity index (χ1n) is 11.4. The summed E-state index contributed by atoms with van der Waals surface area (Å²) in [4.78, 5) is 30.3. The molecule has 0 radical (unpaired) electrons. The molecule has 192 valence electrons. The number of ether oxygens (including phenoxy) is 2. The van der Waals surface area contributed by atoms with Crippen LogP contribution in [0.15, 0.2) is 52.4 Å². The average Bonchev–Trinajstić information content (AvgIpc) is 3.48. The fourth-order valence-corrected chi connectivity index (χ4v) is 6.96. The predicted molar refractivity (Wildman–Crippen MR) is 137 cm³/mol. The Morgan fingerprint density at radius 1 is 1.19 bits per heavy atom. The lowest BCUT2D eigenvalue weighted by Gasteiger charge is -2.21. The number of esters is 1. The number of thiazole rings is 1. The summed E-state index contributed by atoms with van der Waals surface area (Å²) in [5.74, 6) is -0.965. The van der Waals surface area contributed by atoms with E-state index in [-0.39, 0.29) is 18.0 Å². The lowest BCUT2D eigenvalue weighted by atomic mass is 10.2. The smallest absolute Gasteiger partial charge is 0.338 e. The zero-order valence-corrected chi connectivity index (χ0v) is 22.2. The first-order chi connectivity index (χ1) is 17.3. The highest BCUT2D eigenvalue weighted by Crippen LogP contribution is 2.28. The van der Waals surface area contributed by atoms with Crippen molar-refractivity contribution in [3.8, 4) is 0 Å². The van der Waals surface area contributed by atoms with Crippen molar-refractivity contribution in [2.45, 2.75) is 37.2 Å². The van der Waals surface area contributed by atoms with E-state index in [9.17, 15) is 18.0 Å². The van der Waals surface area contributed by atoms with Gasteiger partial charge >= 0.3 is 5.97 Å². The van der Waals surface area contributed by atoms with Gasteiger partial charge < -0.3 is 14.0 Å². The average molecular weight is 552 g/mol. The van der Waals surface area contributed by atoms with Crippen LogP contribution in [0.3, 0.4) is 0 Å². The second kappa shape index (κ2) is 11.2. The van der Waals surface area contributed by atoms with Crippen molar-refractivity contribution in [3.63, 3.8) is 0 Å². The molecule has 1 aliphatic rings. The summed E-state index contributed by atoms with van der Waals surface area (Å²) in [6, 6.07) is 10.1. The number of hydrogen-bond acceptors (Lipinski definition) is 7. The topological polar surface area (TPSA) is 107 Å². The summed E-state index contributed by atoms with van der Waals surface area (Å²) in [6.45, 7) is 3.05. The number of amides is 1. The minimum Gasteiger partial charge on any atom is -0.462 e. The Labute approximate surface area is 218 Å². The lowest BCUT2D eigenvalue weighted by Crippen LogP contribution is -2.40. The number of halogens is 1. The number of benzene rings is 2. The molecule has 4 rings (SSSR count). The van der Waals surface area contributed by atoms with Gasteiger partial charge in [0.15, 0.2) is 4.80 Å². The van der Waals surface area contributed by atoms with Crippen molar-refractivity contribution in [2.24, 2.45) is 4.99 Å². The summed E-state index contributed by atoms with van der Waals surface area (Å²) in [5, 5.41) is 0.425. The van der Waals surface area contributed by atoms with Gasteiger partial charge in [0.2, 0.25) is 10.0 Å². The van der Waals surface area contributed by atoms with Gasteiger partial charge in [0.05, 0.1) is 33.9 Å². The number of rotatable bonds is 8. The zero-order chi connectivity index (χ0) is 25.9. The number of nitrogens with zero attached hydrogens (tertiary/aromatic N) is 3. The van der Waals surface area contributed by atoms with Crippen molar-refractivity contribution < 1.29 is 27.5 Å². The van der Waals surface area contributed by atoms with Crippen LogP contribution in [0, 0.1) is 0 Å². The van der Waals surface area contributed by atoms with Gasteiger partial charge in [0.25, 0.3) is 5.91 Å². The van der Waals surface area contributed by atoms with Gasteiger partial charge in [-0.1, -0.05) is 22.9 Å². The molecule has 0 bridgehead atoms. The minimum absolute atomic E-state index is 0.0788. The van der Waals surface area contributed by atoms with Crippen LogP contribution < -0.4 is 4.80 Å². The van der Waals surface area contributed by atoms with Crippen molar-refractivity contribution in [3.05, 3.63) is 57.9 Å². The van der Waals surface area contributed by atoms with Crippen LogP contribution in [0.4, 0.5) is 0 Å². The molecule has 12 heteroatoms. The van der Waals surface area contributed by atoms with E-state index in [1.165, 1.54) is 39.9 Å². The molecule has 2 heterocycles. The summed E-state index contributed by atoms with van der Waals surface area (Å²) in [5.41, 5.74) is 1.19. The van der Waals surface area contributed by atoms with Gasteiger partial charge in [0, 0.05) is 25.2 Å². The maximum Gasteiger partial charge on any atom is 0.338 e. The molecule has 36 heavy (non-hydrogen) atoms. The molecule has 0 N–H and O–H groups in total. The molecule has 9 nitrogen and oxygen atoms in total. The fraction of sp³-hybridized carbons (Fsp3) is 0.375. The monoisotopic (exact) mass is 551 g/mol. The minimum atomic E-state index is -3.89. The van der Waals surface area contributed by atoms with Crippen molar-refractivity contribution in [1.29, 1.82) is 0 Å². The Bertz CT molecular complexity index is 1450. The molecule has 1 fully saturated rings. The largest absolute Gasteiger partial charge is 0.462 e. The molecule has 3 aromatic rings. The zero-order valence-electron chi connectivity index (χ0n) is 19.8. The van der Waals surface area contributed by atoms with Crippen LogP contribution in [0.5, 0.6) is 0 Å². The van der Waals surface area contributed by atoms with Gasteiger partial charge in [0.1, 0.15) is 6.04 Å². The lowest BCUT2D eigenvalue weighted by molar-refractivity contribution is -0.121. The number of methoxy groups -OCH3 is 1. The Kier molecular flexibility index (Phi) is 8.26. The molecule has 1 amide bonds. The van der Waals surface area contributed by atoms with Crippen LogP contribution in [0.1, 0.15) is 30.1 Å². The van der Waals surface area contributed by atoms with Gasteiger partial charge in [-0.2, -0.15) is 9.30 Å². The van der Waals surface area contributed by atoms with E-state index in [1.807, 2.05) is 4.57 Å². The molecule has 1 aliphatic heterocycles. The summed E-state index contributed by atoms with van der Waals surface area (Å²) in [7, 11) is -2.32. The molecule has 2 aromatic carbocycles. The Morgan fingerprint density at radius 3 is 2.64 bits per heavy atom. The highest BCUT2D eigenvalue weighted by Gasteiger charge is 2.39. The van der Waals surface area contributed by atoms with Crippen molar-refractivity contribution >= 4 is 55.1 Å². The van der Waals surface area contributed by atoms with Crippen LogP contribution in [0.2, 0.25) is 5.02 Å². The molecule has 0 spiro atoms. The van der Waals surface area contributed by atoms with E-state index in [0.29, 0.717) is 41.4 Å². The fourth-order valence-electron chi connectivity index (χ4n) is 4.08. The number of fused-ring (bicyclic) bond motifs is 1. The Hall–Kier alpha value is -2.57. The van der Waals surface area contributed by atoms with E-state index < -0.39 is 27.9 Å². The van der Waals surface area contributed by atoms with Gasteiger partial charge in [-0.25, -0.2) is 13.2 Å². The molecular formula is C24H26ClN3O6S2. The molecule has 1 unspecified atom stereocenters. The molecule has 0 aliphatic carbocycles. The second-order valence-corrected chi connectivity index (χ2v) is 11.4. The van der Waals surface area contributed by atoms with Crippen molar-refractivity contribution in [1.82, 2.24) is 8.87 Å². The SMILES string of the molecule is CCOC(=O)c1ccc2c(c1)sc(=NC(=O)C1CCCN1S(=O)(=O)c1ccc(Cl)cc1)n2CCOC. The van der Waals surface area contributed by atoms with Crippen LogP contribution in [0.25, 0.3) is 10.2 Å². The summed E-state index contributed by atoms with van der Waals surface area (Å²) < 4.78 is 40.6. The molecule has 1 aromatic heterocycles. The number of hydrogen-bond donors (Lipinski definition) is 0. The number of carbonyl (C=O) groups is 2. The van der Waals surface area contributed by atoms with Crippen LogP contribution in [-0.2, 0) is 30.8 Å². The Morgan fingerprint density at radius 2 is 1.94 bits per heavy atom. The van der Waals surface area contributed by atoms with E-state index in [4.69, 9.17) is 21.1 Å². The Balaban J connectivity index is 1.71. The third-order valence-corrected chi connectivity index (χ3v) is 9.04. The quantitative estimate of drug-likeness (QED) is 0.397. The van der Waals surface area contributed by atoms with Gasteiger partial charge in [-0.3, -0.25) is 4.79 Å². The number of sulfonamides is 1. The van der Waals surface area contributed by atoms with E-state index in [1.54, 1.807) is 32.2 Å². The number of carbonyl (C=O) groups excluding carboxylic acids is 2. The summed E-state index contributed by atoms with van der Waals surface area (Å²) in [6.07, 6.45) is 0.933. The van der Waals surface area contributed by atoms with Gasteiger partial charge in [-0.05, 0) is 62.2 Å².